The zero-order chi connectivity index (χ0) is 16.4. The first kappa shape index (κ1) is 19.7. The molecule has 134 valence electrons. The van der Waals surface area contributed by atoms with Crippen molar-refractivity contribution in [3.05, 3.63) is 33.6 Å². The Morgan fingerprint density at radius 2 is 2.08 bits per heavy atom. The third kappa shape index (κ3) is 4.96. The summed E-state index contributed by atoms with van der Waals surface area (Å²) < 4.78 is 19.3. The molecule has 1 amide bonds. The molecule has 0 bridgehead atoms. The number of halogens is 4. The van der Waals surface area contributed by atoms with Crippen molar-refractivity contribution in [1.82, 2.24) is 10.2 Å². The maximum absolute atomic E-state index is 13.7. The number of carbonyl (C=O) groups excluding carboxylic acids is 1. The van der Waals surface area contributed by atoms with Crippen LogP contribution >= 0.6 is 35.6 Å². The van der Waals surface area contributed by atoms with Gasteiger partial charge in [0.2, 0.25) is 5.91 Å². The van der Waals surface area contributed by atoms with E-state index in [0.29, 0.717) is 36.8 Å². The minimum Gasteiger partial charge on any atom is -0.370 e. The van der Waals surface area contributed by atoms with E-state index in [1.807, 2.05) is 0 Å². The fraction of sp³-hybridized carbons (Fsp3) is 0.562. The molecule has 1 aliphatic heterocycles. The van der Waals surface area contributed by atoms with Gasteiger partial charge in [-0.25, -0.2) is 4.39 Å². The van der Waals surface area contributed by atoms with Crippen LogP contribution in [0.5, 0.6) is 0 Å². The summed E-state index contributed by atoms with van der Waals surface area (Å²) in [5, 5.41) is 3.52. The smallest absolute Gasteiger partial charge is 0.236 e. The minimum absolute atomic E-state index is 0. The quantitative estimate of drug-likeness (QED) is 0.774. The second-order valence-corrected chi connectivity index (χ2v) is 6.88. The van der Waals surface area contributed by atoms with E-state index in [4.69, 9.17) is 27.9 Å². The summed E-state index contributed by atoms with van der Waals surface area (Å²) in [7, 11) is 0. The van der Waals surface area contributed by atoms with Crippen LogP contribution in [-0.4, -0.2) is 43.6 Å². The van der Waals surface area contributed by atoms with Gasteiger partial charge in [0.15, 0.2) is 0 Å². The molecule has 24 heavy (non-hydrogen) atoms. The Morgan fingerprint density at radius 1 is 1.33 bits per heavy atom. The normalized spacial score (nSPS) is 20.6. The number of rotatable bonds is 5. The molecule has 0 aromatic heterocycles. The van der Waals surface area contributed by atoms with Crippen LogP contribution in [0, 0.1) is 11.7 Å². The standard InChI is InChI=1S/C16H19Cl2FN2O2.ClH/c17-12-6-13(18)14(19)5-11(12)15-9-21(3-4-23-15)16(22)8-20-7-10-1-2-10;/h5-6,10,15,20H,1-4,7-9H2;1H. The third-order valence-corrected chi connectivity index (χ3v) is 4.83. The number of amides is 1. The van der Waals surface area contributed by atoms with Crippen molar-refractivity contribution in [1.29, 1.82) is 0 Å². The molecule has 4 nitrogen and oxygen atoms in total. The SMILES string of the molecule is Cl.O=C(CNCC1CC1)N1CCOC(c2cc(F)c(Cl)cc2Cl)C1. The van der Waals surface area contributed by atoms with Crippen LogP contribution in [0.2, 0.25) is 10.0 Å². The van der Waals surface area contributed by atoms with E-state index in [0.717, 1.165) is 12.5 Å². The number of hydrogen-bond acceptors (Lipinski definition) is 3. The molecule has 1 aliphatic carbocycles. The summed E-state index contributed by atoms with van der Waals surface area (Å²) in [5.41, 5.74) is 0.525. The molecular formula is C16H20Cl3FN2O2. The lowest BCUT2D eigenvalue weighted by atomic mass is 10.1. The Bertz CT molecular complexity index is 599. The van der Waals surface area contributed by atoms with Crippen LogP contribution in [0.4, 0.5) is 4.39 Å². The highest BCUT2D eigenvalue weighted by Gasteiger charge is 2.28. The molecule has 1 aromatic carbocycles. The fourth-order valence-corrected chi connectivity index (χ4v) is 3.17. The molecule has 0 radical (unpaired) electrons. The maximum atomic E-state index is 13.7. The van der Waals surface area contributed by atoms with Gasteiger partial charge in [0.1, 0.15) is 11.9 Å². The Hall–Kier alpha value is -0.590. The van der Waals surface area contributed by atoms with Gasteiger partial charge in [-0.2, -0.15) is 0 Å². The Balaban J connectivity index is 0.00000208. The highest BCUT2D eigenvalue weighted by molar-refractivity contribution is 6.35. The Kier molecular flexibility index (Phi) is 7.13. The molecule has 8 heteroatoms. The van der Waals surface area contributed by atoms with Gasteiger partial charge in [-0.3, -0.25) is 4.79 Å². The first-order valence-corrected chi connectivity index (χ1v) is 8.54. The van der Waals surface area contributed by atoms with Crippen molar-refractivity contribution < 1.29 is 13.9 Å². The minimum atomic E-state index is -0.538. The predicted molar refractivity (Wildman–Crippen MR) is 94.5 cm³/mol. The third-order valence-electron chi connectivity index (χ3n) is 4.21. The van der Waals surface area contributed by atoms with E-state index in [1.165, 1.54) is 25.0 Å². The van der Waals surface area contributed by atoms with Crippen molar-refractivity contribution in [2.45, 2.75) is 18.9 Å². The Labute approximate surface area is 157 Å². The van der Waals surface area contributed by atoms with E-state index in [1.54, 1.807) is 4.90 Å². The second kappa shape index (κ2) is 8.68. The highest BCUT2D eigenvalue weighted by atomic mass is 35.5. The Morgan fingerprint density at radius 3 is 2.79 bits per heavy atom. The first-order valence-electron chi connectivity index (χ1n) is 7.79. The van der Waals surface area contributed by atoms with Gasteiger partial charge in [0.05, 0.1) is 24.7 Å². The zero-order valence-corrected chi connectivity index (χ0v) is 15.4. The molecule has 1 heterocycles. The van der Waals surface area contributed by atoms with Gasteiger partial charge >= 0.3 is 0 Å². The predicted octanol–water partition coefficient (Wildman–Crippen LogP) is 3.45. The largest absolute Gasteiger partial charge is 0.370 e. The molecular weight excluding hydrogens is 378 g/mol. The number of nitrogens with one attached hydrogen (secondary N) is 1. The summed E-state index contributed by atoms with van der Waals surface area (Å²) in [4.78, 5) is 14.0. The van der Waals surface area contributed by atoms with Gasteiger partial charge in [-0.15, -0.1) is 12.4 Å². The van der Waals surface area contributed by atoms with Crippen LogP contribution in [0.3, 0.4) is 0 Å². The van der Waals surface area contributed by atoms with E-state index in [9.17, 15) is 9.18 Å². The van der Waals surface area contributed by atoms with Crippen LogP contribution in [0.25, 0.3) is 0 Å². The van der Waals surface area contributed by atoms with Crippen molar-refractivity contribution >= 4 is 41.5 Å². The molecule has 1 atom stereocenters. The lowest BCUT2D eigenvalue weighted by Crippen LogP contribution is -2.46. The lowest BCUT2D eigenvalue weighted by molar-refractivity contribution is -0.138. The summed E-state index contributed by atoms with van der Waals surface area (Å²) in [6.07, 6.45) is 2.07. The molecule has 0 spiro atoms. The molecule has 1 N–H and O–H groups in total. The van der Waals surface area contributed by atoms with Gasteiger partial charge in [0.25, 0.3) is 0 Å². The fourth-order valence-electron chi connectivity index (χ4n) is 2.67. The zero-order valence-electron chi connectivity index (χ0n) is 13.1. The average molecular weight is 398 g/mol. The van der Waals surface area contributed by atoms with Crippen molar-refractivity contribution in [3.8, 4) is 0 Å². The van der Waals surface area contributed by atoms with Crippen LogP contribution < -0.4 is 5.32 Å². The number of morpholine rings is 1. The van der Waals surface area contributed by atoms with Gasteiger partial charge in [-0.05, 0) is 37.4 Å². The molecule has 1 aromatic rings. The molecule has 1 unspecified atom stereocenters. The molecule has 1 saturated heterocycles. The molecule has 2 aliphatic rings. The average Bonchev–Trinajstić information content (AvgIpc) is 3.35. The number of ether oxygens (including phenoxy) is 1. The summed E-state index contributed by atoms with van der Waals surface area (Å²) in [6.45, 7) is 2.53. The van der Waals surface area contributed by atoms with Crippen molar-refractivity contribution in [2.75, 3.05) is 32.8 Å². The number of nitrogens with zero attached hydrogens (tertiary/aromatic N) is 1. The van der Waals surface area contributed by atoms with Gasteiger partial charge < -0.3 is 15.0 Å². The molecule has 1 saturated carbocycles. The lowest BCUT2D eigenvalue weighted by Gasteiger charge is -2.33. The summed E-state index contributed by atoms with van der Waals surface area (Å²) >= 11 is 11.9. The molecule has 2 fully saturated rings. The summed E-state index contributed by atoms with van der Waals surface area (Å²) in [5.74, 6) is 0.227. The topological polar surface area (TPSA) is 41.6 Å². The van der Waals surface area contributed by atoms with E-state index >= 15 is 0 Å². The first-order chi connectivity index (χ1) is 11.0. The van der Waals surface area contributed by atoms with Gasteiger partial charge in [-0.1, -0.05) is 23.2 Å². The molecule has 3 rings (SSSR count). The van der Waals surface area contributed by atoms with E-state index in [-0.39, 0.29) is 23.3 Å². The maximum Gasteiger partial charge on any atom is 0.236 e. The van der Waals surface area contributed by atoms with Crippen LogP contribution in [-0.2, 0) is 9.53 Å². The number of hydrogen-bond donors (Lipinski definition) is 1. The number of carbonyl (C=O) groups is 1. The van der Waals surface area contributed by atoms with Gasteiger partial charge in [0, 0.05) is 17.1 Å². The van der Waals surface area contributed by atoms with E-state index < -0.39 is 11.9 Å². The highest BCUT2D eigenvalue weighted by Crippen LogP contribution is 2.32. The van der Waals surface area contributed by atoms with Crippen LogP contribution in [0.15, 0.2) is 12.1 Å². The summed E-state index contributed by atoms with van der Waals surface area (Å²) in [6, 6.07) is 2.66. The van der Waals surface area contributed by atoms with Crippen LogP contribution in [0.1, 0.15) is 24.5 Å². The van der Waals surface area contributed by atoms with Crippen molar-refractivity contribution in [2.24, 2.45) is 5.92 Å². The monoisotopic (exact) mass is 396 g/mol. The second-order valence-electron chi connectivity index (χ2n) is 6.06. The number of benzene rings is 1. The van der Waals surface area contributed by atoms with E-state index in [2.05, 4.69) is 5.32 Å². The van der Waals surface area contributed by atoms with Crippen molar-refractivity contribution in [3.63, 3.8) is 0 Å².